The van der Waals surface area contributed by atoms with Crippen LogP contribution in [0.1, 0.15) is 45.1 Å². The smallest absolute Gasteiger partial charge is 0.0810 e. The molecule has 0 aromatic heterocycles. The number of benzene rings is 1. The lowest BCUT2D eigenvalue weighted by Crippen LogP contribution is -2.53. The van der Waals surface area contributed by atoms with E-state index in [2.05, 4.69) is 19.2 Å². The van der Waals surface area contributed by atoms with Crippen LogP contribution in [0.3, 0.4) is 0 Å². The molecule has 0 radical (unpaired) electrons. The summed E-state index contributed by atoms with van der Waals surface area (Å²) in [6.07, 6.45) is 5.36. The van der Waals surface area contributed by atoms with Crippen molar-refractivity contribution in [2.24, 2.45) is 0 Å². The summed E-state index contributed by atoms with van der Waals surface area (Å²) in [4.78, 5) is 0. The molecule has 2 nitrogen and oxygen atoms in total. The highest BCUT2D eigenvalue weighted by molar-refractivity contribution is 6.36. The molecule has 0 saturated carbocycles. The fourth-order valence-electron chi connectivity index (χ4n) is 2.98. The summed E-state index contributed by atoms with van der Waals surface area (Å²) >= 11 is 12.7. The minimum Gasteiger partial charge on any atom is -0.374 e. The predicted octanol–water partition coefficient (Wildman–Crippen LogP) is 4.86. The highest BCUT2D eigenvalue weighted by atomic mass is 35.5. The quantitative estimate of drug-likeness (QED) is 0.804. The minimum atomic E-state index is -0.143. The Morgan fingerprint density at radius 3 is 2.57 bits per heavy atom. The molecule has 1 aromatic rings. The number of halogens is 2. The lowest BCUT2D eigenvalue weighted by atomic mass is 9.84. The first-order valence-corrected chi connectivity index (χ1v) is 8.62. The SMILES string of the molecule is CCCNC(Cc1c(Cl)cccc1Cl)C1(C)CCCCO1. The second-order valence-electron chi connectivity index (χ2n) is 6.03. The first-order chi connectivity index (χ1) is 10.1. The topological polar surface area (TPSA) is 21.3 Å². The summed E-state index contributed by atoms with van der Waals surface area (Å²) in [5.41, 5.74) is 0.875. The Balaban J connectivity index is 2.19. The van der Waals surface area contributed by atoms with Gasteiger partial charge in [0.1, 0.15) is 0 Å². The standard InChI is InChI=1S/C17H25Cl2NO/c1-3-10-20-16(17(2)9-4-5-11-21-17)12-13-14(18)7-6-8-15(13)19/h6-8,16,20H,3-5,9-12H2,1-2H3. The van der Waals surface area contributed by atoms with Crippen molar-refractivity contribution in [3.8, 4) is 0 Å². The Morgan fingerprint density at radius 1 is 1.29 bits per heavy atom. The van der Waals surface area contributed by atoms with E-state index in [0.29, 0.717) is 0 Å². The Morgan fingerprint density at radius 2 is 2.00 bits per heavy atom. The molecule has 21 heavy (non-hydrogen) atoms. The molecule has 2 atom stereocenters. The van der Waals surface area contributed by atoms with Gasteiger partial charge in [-0.1, -0.05) is 36.2 Å². The van der Waals surface area contributed by atoms with Crippen molar-refractivity contribution in [2.45, 2.75) is 57.6 Å². The summed E-state index contributed by atoms with van der Waals surface area (Å²) in [5.74, 6) is 0. The fourth-order valence-corrected chi connectivity index (χ4v) is 3.54. The van der Waals surface area contributed by atoms with Gasteiger partial charge in [0.05, 0.1) is 5.60 Å². The number of nitrogens with one attached hydrogen (secondary N) is 1. The van der Waals surface area contributed by atoms with Crippen LogP contribution in [0, 0.1) is 0 Å². The van der Waals surface area contributed by atoms with Crippen molar-refractivity contribution in [1.29, 1.82) is 0 Å². The zero-order chi connectivity index (χ0) is 15.3. The number of hydrogen-bond acceptors (Lipinski definition) is 2. The van der Waals surface area contributed by atoms with Crippen LogP contribution in [0.5, 0.6) is 0 Å². The van der Waals surface area contributed by atoms with Gasteiger partial charge in [-0.15, -0.1) is 0 Å². The highest BCUT2D eigenvalue weighted by Crippen LogP contribution is 2.33. The van der Waals surface area contributed by atoms with Crippen LogP contribution in [-0.2, 0) is 11.2 Å². The van der Waals surface area contributed by atoms with Gasteiger partial charge in [0.15, 0.2) is 0 Å². The fraction of sp³-hybridized carbons (Fsp3) is 0.647. The molecule has 1 saturated heterocycles. The molecule has 1 aromatic carbocycles. The molecule has 0 aliphatic carbocycles. The third-order valence-electron chi connectivity index (χ3n) is 4.35. The Bertz CT molecular complexity index is 438. The Labute approximate surface area is 138 Å². The van der Waals surface area contributed by atoms with Crippen molar-refractivity contribution in [1.82, 2.24) is 5.32 Å². The van der Waals surface area contributed by atoms with E-state index in [1.54, 1.807) is 0 Å². The van der Waals surface area contributed by atoms with Gasteiger partial charge in [-0.3, -0.25) is 0 Å². The van der Waals surface area contributed by atoms with Crippen molar-refractivity contribution >= 4 is 23.2 Å². The third kappa shape index (κ3) is 4.35. The molecule has 4 heteroatoms. The molecular weight excluding hydrogens is 305 g/mol. The predicted molar refractivity (Wildman–Crippen MR) is 90.5 cm³/mol. The molecule has 1 fully saturated rings. The Kier molecular flexibility index (Phi) is 6.36. The normalized spacial score (nSPS) is 24.0. The average Bonchev–Trinajstić information content (AvgIpc) is 2.46. The molecule has 0 spiro atoms. The van der Waals surface area contributed by atoms with Crippen LogP contribution < -0.4 is 5.32 Å². The van der Waals surface area contributed by atoms with Crippen molar-refractivity contribution in [2.75, 3.05) is 13.2 Å². The van der Waals surface area contributed by atoms with Gasteiger partial charge in [0, 0.05) is 22.7 Å². The van der Waals surface area contributed by atoms with E-state index in [1.807, 2.05) is 18.2 Å². The maximum absolute atomic E-state index is 6.34. The molecular formula is C17H25Cl2NO. The molecule has 2 rings (SSSR count). The molecule has 118 valence electrons. The van der Waals surface area contributed by atoms with E-state index in [1.165, 1.54) is 6.42 Å². The maximum atomic E-state index is 6.34. The molecule has 1 heterocycles. The van der Waals surface area contributed by atoms with Crippen molar-refractivity contribution < 1.29 is 4.74 Å². The van der Waals surface area contributed by atoms with E-state index in [-0.39, 0.29) is 11.6 Å². The van der Waals surface area contributed by atoms with Crippen LogP contribution in [0.4, 0.5) is 0 Å². The summed E-state index contributed by atoms with van der Waals surface area (Å²) in [6, 6.07) is 5.93. The van der Waals surface area contributed by atoms with Gasteiger partial charge in [-0.25, -0.2) is 0 Å². The highest BCUT2D eigenvalue weighted by Gasteiger charge is 2.37. The second-order valence-corrected chi connectivity index (χ2v) is 6.84. The number of hydrogen-bond donors (Lipinski definition) is 1. The lowest BCUT2D eigenvalue weighted by molar-refractivity contribution is -0.0883. The Hall–Kier alpha value is -0.280. The van der Waals surface area contributed by atoms with Gasteiger partial charge in [-0.05, 0) is 63.3 Å². The molecule has 2 unspecified atom stereocenters. The van der Waals surface area contributed by atoms with Gasteiger partial charge < -0.3 is 10.1 Å². The van der Waals surface area contributed by atoms with Crippen LogP contribution in [0.2, 0.25) is 10.0 Å². The zero-order valence-corrected chi connectivity index (χ0v) is 14.4. The van der Waals surface area contributed by atoms with E-state index in [9.17, 15) is 0 Å². The van der Waals surface area contributed by atoms with E-state index in [4.69, 9.17) is 27.9 Å². The van der Waals surface area contributed by atoms with Crippen LogP contribution >= 0.6 is 23.2 Å². The second kappa shape index (κ2) is 7.82. The first kappa shape index (κ1) is 17.1. The first-order valence-electron chi connectivity index (χ1n) is 7.87. The third-order valence-corrected chi connectivity index (χ3v) is 5.06. The number of rotatable bonds is 6. The summed E-state index contributed by atoms with van der Waals surface area (Å²) in [7, 11) is 0. The number of ether oxygens (including phenoxy) is 1. The lowest BCUT2D eigenvalue weighted by Gasteiger charge is -2.41. The molecule has 0 bridgehead atoms. The largest absolute Gasteiger partial charge is 0.374 e. The van der Waals surface area contributed by atoms with Crippen LogP contribution in [-0.4, -0.2) is 24.8 Å². The summed E-state index contributed by atoms with van der Waals surface area (Å²) in [5, 5.41) is 5.12. The van der Waals surface area contributed by atoms with E-state index in [0.717, 1.165) is 54.4 Å². The van der Waals surface area contributed by atoms with Gasteiger partial charge in [0.25, 0.3) is 0 Å². The minimum absolute atomic E-state index is 0.143. The monoisotopic (exact) mass is 329 g/mol. The summed E-state index contributed by atoms with van der Waals surface area (Å²) in [6.45, 7) is 6.21. The molecule has 1 aliphatic heterocycles. The van der Waals surface area contributed by atoms with E-state index >= 15 is 0 Å². The van der Waals surface area contributed by atoms with Crippen LogP contribution in [0.25, 0.3) is 0 Å². The van der Waals surface area contributed by atoms with Gasteiger partial charge in [-0.2, -0.15) is 0 Å². The van der Waals surface area contributed by atoms with E-state index < -0.39 is 0 Å². The van der Waals surface area contributed by atoms with Crippen LogP contribution in [0.15, 0.2) is 18.2 Å². The average molecular weight is 330 g/mol. The van der Waals surface area contributed by atoms with Gasteiger partial charge >= 0.3 is 0 Å². The van der Waals surface area contributed by atoms with Crippen molar-refractivity contribution in [3.63, 3.8) is 0 Å². The maximum Gasteiger partial charge on any atom is 0.0810 e. The van der Waals surface area contributed by atoms with Gasteiger partial charge in [0.2, 0.25) is 0 Å². The molecule has 1 aliphatic rings. The molecule has 0 amide bonds. The van der Waals surface area contributed by atoms with Crippen molar-refractivity contribution in [3.05, 3.63) is 33.8 Å². The summed E-state index contributed by atoms with van der Waals surface area (Å²) < 4.78 is 6.13. The zero-order valence-electron chi connectivity index (χ0n) is 12.9. The molecule has 1 N–H and O–H groups in total.